The predicted molar refractivity (Wildman–Crippen MR) is 65.3 cm³/mol. The number of hydrogen-bond acceptors (Lipinski definition) is 3. The molecule has 3 N–H and O–H groups in total. The molecule has 0 aliphatic heterocycles. The second-order valence-electron chi connectivity index (χ2n) is 4.84. The number of hydrogen-bond donors (Lipinski definition) is 2. The lowest BCUT2D eigenvalue weighted by Crippen LogP contribution is -2.38. The molecule has 0 aliphatic carbocycles. The van der Waals surface area contributed by atoms with Gasteiger partial charge in [0, 0.05) is 5.41 Å². The molecule has 0 saturated carbocycles. The third-order valence-electron chi connectivity index (χ3n) is 2.84. The van der Waals surface area contributed by atoms with Crippen LogP contribution in [0.3, 0.4) is 0 Å². The fourth-order valence-corrected chi connectivity index (χ4v) is 1.21. The molecule has 0 aliphatic rings. The van der Waals surface area contributed by atoms with Gasteiger partial charge < -0.3 is 15.6 Å². The topological polar surface area (TPSA) is 55.5 Å². The summed E-state index contributed by atoms with van der Waals surface area (Å²) in [5.41, 5.74) is 6.37. The van der Waals surface area contributed by atoms with E-state index in [9.17, 15) is 5.11 Å². The summed E-state index contributed by atoms with van der Waals surface area (Å²) in [6, 6.07) is 7.92. The Morgan fingerprint density at radius 2 is 1.88 bits per heavy atom. The summed E-state index contributed by atoms with van der Waals surface area (Å²) in [5, 5.41) is 9.34. The van der Waals surface area contributed by atoms with Crippen molar-refractivity contribution in [2.75, 3.05) is 6.61 Å². The van der Waals surface area contributed by atoms with Gasteiger partial charge in [-0.3, -0.25) is 0 Å². The van der Waals surface area contributed by atoms with E-state index in [2.05, 4.69) is 0 Å². The smallest absolute Gasteiger partial charge is 0.119 e. The van der Waals surface area contributed by atoms with Gasteiger partial charge in [0.15, 0.2) is 0 Å². The summed E-state index contributed by atoms with van der Waals surface area (Å²) < 4.78 is 5.58. The number of ether oxygens (including phenoxy) is 1. The number of aryl methyl sites for hydroxylation is 1. The van der Waals surface area contributed by atoms with Gasteiger partial charge in [-0.15, -0.1) is 0 Å². The standard InChI is InChI=1S/C13H21NO2/c1-10-4-6-11(7-5-10)16-9-8-13(2,3)12(14)15/h4-7,12,15H,8-9,14H2,1-3H3. The van der Waals surface area contributed by atoms with Crippen LogP contribution in [0, 0.1) is 12.3 Å². The number of nitrogens with two attached hydrogens (primary N) is 1. The van der Waals surface area contributed by atoms with Gasteiger partial charge in [-0.05, 0) is 25.5 Å². The Kier molecular flexibility index (Phi) is 4.33. The Morgan fingerprint density at radius 3 is 2.38 bits per heavy atom. The van der Waals surface area contributed by atoms with Crippen molar-refractivity contribution in [3.63, 3.8) is 0 Å². The van der Waals surface area contributed by atoms with Crippen molar-refractivity contribution < 1.29 is 9.84 Å². The van der Waals surface area contributed by atoms with Crippen molar-refractivity contribution >= 4 is 0 Å². The van der Waals surface area contributed by atoms with Crippen molar-refractivity contribution in [2.24, 2.45) is 11.1 Å². The molecule has 0 bridgehead atoms. The lowest BCUT2D eigenvalue weighted by Gasteiger charge is -2.27. The molecule has 90 valence electrons. The van der Waals surface area contributed by atoms with Crippen LogP contribution in [-0.4, -0.2) is 17.9 Å². The summed E-state index contributed by atoms with van der Waals surface area (Å²) in [4.78, 5) is 0. The highest BCUT2D eigenvalue weighted by molar-refractivity contribution is 5.26. The minimum atomic E-state index is -0.811. The van der Waals surface area contributed by atoms with Crippen molar-refractivity contribution in [2.45, 2.75) is 33.4 Å². The fourth-order valence-electron chi connectivity index (χ4n) is 1.21. The van der Waals surface area contributed by atoms with E-state index < -0.39 is 6.23 Å². The Hall–Kier alpha value is -1.06. The second kappa shape index (κ2) is 5.32. The maximum absolute atomic E-state index is 9.34. The molecule has 0 spiro atoms. The number of aliphatic hydroxyl groups excluding tert-OH is 1. The number of benzene rings is 1. The first kappa shape index (κ1) is 13.0. The van der Waals surface area contributed by atoms with Gasteiger partial charge in [0.25, 0.3) is 0 Å². The zero-order valence-electron chi connectivity index (χ0n) is 10.2. The largest absolute Gasteiger partial charge is 0.494 e. The number of rotatable bonds is 5. The fraction of sp³-hybridized carbons (Fsp3) is 0.538. The first-order valence-corrected chi connectivity index (χ1v) is 5.55. The van der Waals surface area contributed by atoms with E-state index >= 15 is 0 Å². The molecule has 16 heavy (non-hydrogen) atoms. The van der Waals surface area contributed by atoms with Crippen LogP contribution in [0.15, 0.2) is 24.3 Å². The quantitative estimate of drug-likeness (QED) is 0.751. The van der Waals surface area contributed by atoms with E-state index in [0.29, 0.717) is 6.61 Å². The van der Waals surface area contributed by atoms with Crippen LogP contribution in [0.1, 0.15) is 25.8 Å². The average molecular weight is 223 g/mol. The van der Waals surface area contributed by atoms with E-state index in [1.54, 1.807) is 0 Å². The lowest BCUT2D eigenvalue weighted by atomic mass is 9.88. The van der Waals surface area contributed by atoms with E-state index in [4.69, 9.17) is 10.5 Å². The lowest BCUT2D eigenvalue weighted by molar-refractivity contribution is 0.0394. The van der Waals surface area contributed by atoms with Gasteiger partial charge in [-0.25, -0.2) is 0 Å². The van der Waals surface area contributed by atoms with Gasteiger partial charge in [0.1, 0.15) is 12.0 Å². The molecule has 0 fully saturated rings. The molecule has 0 aromatic heterocycles. The molecule has 1 unspecified atom stereocenters. The molecule has 1 aromatic rings. The predicted octanol–water partition coefficient (Wildman–Crippen LogP) is 2.07. The summed E-state index contributed by atoms with van der Waals surface area (Å²) in [7, 11) is 0. The van der Waals surface area contributed by atoms with E-state index in [0.717, 1.165) is 12.2 Å². The first-order valence-electron chi connectivity index (χ1n) is 5.55. The maximum Gasteiger partial charge on any atom is 0.119 e. The third kappa shape index (κ3) is 3.83. The highest BCUT2D eigenvalue weighted by Crippen LogP contribution is 2.23. The minimum Gasteiger partial charge on any atom is -0.494 e. The van der Waals surface area contributed by atoms with Crippen LogP contribution in [0.2, 0.25) is 0 Å². The second-order valence-corrected chi connectivity index (χ2v) is 4.84. The van der Waals surface area contributed by atoms with Crippen LogP contribution < -0.4 is 10.5 Å². The van der Waals surface area contributed by atoms with Crippen molar-refractivity contribution in [1.82, 2.24) is 0 Å². The summed E-state index contributed by atoms with van der Waals surface area (Å²) in [6.07, 6.45) is -0.0902. The van der Waals surface area contributed by atoms with Gasteiger partial charge in [-0.2, -0.15) is 0 Å². The van der Waals surface area contributed by atoms with Crippen molar-refractivity contribution in [3.8, 4) is 5.75 Å². The van der Waals surface area contributed by atoms with Crippen molar-refractivity contribution in [3.05, 3.63) is 29.8 Å². The van der Waals surface area contributed by atoms with E-state index in [1.807, 2.05) is 45.0 Å². The average Bonchev–Trinajstić information content (AvgIpc) is 2.20. The third-order valence-corrected chi connectivity index (χ3v) is 2.84. The molecular weight excluding hydrogens is 202 g/mol. The molecular formula is C13H21NO2. The SMILES string of the molecule is Cc1ccc(OCCC(C)(C)C(N)O)cc1. The zero-order valence-corrected chi connectivity index (χ0v) is 10.2. The molecule has 3 nitrogen and oxygen atoms in total. The Balaban J connectivity index is 2.39. The molecule has 0 heterocycles. The van der Waals surface area contributed by atoms with Gasteiger partial charge in [-0.1, -0.05) is 31.5 Å². The highest BCUT2D eigenvalue weighted by atomic mass is 16.5. The maximum atomic E-state index is 9.34. The molecule has 0 radical (unpaired) electrons. The van der Waals surface area contributed by atoms with Gasteiger partial charge in [0.2, 0.25) is 0 Å². The van der Waals surface area contributed by atoms with Crippen LogP contribution in [0.25, 0.3) is 0 Å². The normalized spacial score (nSPS) is 13.6. The molecule has 0 amide bonds. The molecule has 0 saturated heterocycles. The molecule has 1 aromatic carbocycles. The minimum absolute atomic E-state index is 0.315. The van der Waals surface area contributed by atoms with Crippen molar-refractivity contribution in [1.29, 1.82) is 0 Å². The van der Waals surface area contributed by atoms with Crippen LogP contribution in [0.5, 0.6) is 5.75 Å². The summed E-state index contributed by atoms with van der Waals surface area (Å²) in [6.45, 7) is 6.45. The Labute approximate surface area is 97.2 Å². The van der Waals surface area contributed by atoms with Crippen LogP contribution in [0.4, 0.5) is 0 Å². The molecule has 3 heteroatoms. The monoisotopic (exact) mass is 223 g/mol. The first-order chi connectivity index (χ1) is 7.42. The Bertz CT molecular complexity index is 317. The molecule has 1 rings (SSSR count). The van der Waals surface area contributed by atoms with E-state index in [-0.39, 0.29) is 5.41 Å². The van der Waals surface area contributed by atoms with E-state index in [1.165, 1.54) is 5.56 Å². The summed E-state index contributed by atoms with van der Waals surface area (Å²) >= 11 is 0. The number of aliphatic hydroxyl groups is 1. The zero-order chi connectivity index (χ0) is 12.2. The van der Waals surface area contributed by atoms with Gasteiger partial charge in [0.05, 0.1) is 6.61 Å². The Morgan fingerprint density at radius 1 is 1.31 bits per heavy atom. The van der Waals surface area contributed by atoms with Crippen LogP contribution in [-0.2, 0) is 0 Å². The van der Waals surface area contributed by atoms with Gasteiger partial charge >= 0.3 is 0 Å². The highest BCUT2D eigenvalue weighted by Gasteiger charge is 2.24. The van der Waals surface area contributed by atoms with Crippen LogP contribution >= 0.6 is 0 Å². The molecule has 1 atom stereocenters. The summed E-state index contributed by atoms with van der Waals surface area (Å²) in [5.74, 6) is 0.855.